The predicted octanol–water partition coefficient (Wildman–Crippen LogP) is 5.92. The van der Waals surface area contributed by atoms with Crippen LogP contribution in [0.3, 0.4) is 0 Å². The Morgan fingerprint density at radius 1 is 0.900 bits per heavy atom. The highest BCUT2D eigenvalue weighted by molar-refractivity contribution is 9.10. The lowest BCUT2D eigenvalue weighted by Crippen LogP contribution is -1.96. The van der Waals surface area contributed by atoms with E-state index in [1.54, 1.807) is 0 Å². The lowest BCUT2D eigenvalue weighted by atomic mass is 9.88. The summed E-state index contributed by atoms with van der Waals surface area (Å²) >= 11 is 3.75. The maximum absolute atomic E-state index is 3.75. The molecule has 0 aliphatic heterocycles. The van der Waals surface area contributed by atoms with Crippen LogP contribution in [0, 0.1) is 27.7 Å². The number of halogens is 1. The van der Waals surface area contributed by atoms with Crippen molar-refractivity contribution in [1.29, 1.82) is 0 Å². The molecule has 0 bridgehead atoms. The van der Waals surface area contributed by atoms with Crippen LogP contribution >= 0.6 is 15.9 Å². The quantitative estimate of drug-likeness (QED) is 0.610. The molecule has 2 aromatic rings. The standard InChI is InChI=1S/C19H19Br/c1-11-8-12(2)18(13(3)9-11)17-10-14(4)19(20)16-7-5-6-15(16)17/h5-6,8-10H,7H2,1-4H3. The van der Waals surface area contributed by atoms with Crippen LogP contribution in [0.2, 0.25) is 0 Å². The van der Waals surface area contributed by atoms with Crippen molar-refractivity contribution in [1.82, 2.24) is 0 Å². The summed E-state index contributed by atoms with van der Waals surface area (Å²) in [6, 6.07) is 6.89. The van der Waals surface area contributed by atoms with E-state index in [1.807, 2.05) is 0 Å². The third kappa shape index (κ3) is 2.05. The van der Waals surface area contributed by atoms with Gasteiger partial charge < -0.3 is 0 Å². The van der Waals surface area contributed by atoms with Gasteiger partial charge in [-0.2, -0.15) is 0 Å². The van der Waals surface area contributed by atoms with E-state index in [9.17, 15) is 0 Å². The van der Waals surface area contributed by atoms with Crippen LogP contribution in [0.4, 0.5) is 0 Å². The van der Waals surface area contributed by atoms with E-state index in [-0.39, 0.29) is 0 Å². The van der Waals surface area contributed by atoms with Gasteiger partial charge >= 0.3 is 0 Å². The van der Waals surface area contributed by atoms with Gasteiger partial charge in [0.1, 0.15) is 0 Å². The van der Waals surface area contributed by atoms with Gasteiger partial charge in [0, 0.05) is 4.47 Å². The zero-order valence-corrected chi connectivity index (χ0v) is 14.1. The summed E-state index contributed by atoms with van der Waals surface area (Å²) in [7, 11) is 0. The number of hydrogen-bond acceptors (Lipinski definition) is 0. The van der Waals surface area contributed by atoms with Crippen molar-refractivity contribution in [2.45, 2.75) is 34.1 Å². The highest BCUT2D eigenvalue weighted by atomic mass is 79.9. The Bertz CT molecular complexity index is 713. The summed E-state index contributed by atoms with van der Waals surface area (Å²) in [5.41, 5.74) is 11.0. The minimum absolute atomic E-state index is 1.04. The van der Waals surface area contributed by atoms with Gasteiger partial charge in [0.2, 0.25) is 0 Å². The normalized spacial score (nSPS) is 12.8. The Kier molecular flexibility index (Phi) is 3.33. The molecule has 0 saturated carbocycles. The molecule has 0 nitrogen and oxygen atoms in total. The van der Waals surface area contributed by atoms with Gasteiger partial charge in [-0.15, -0.1) is 0 Å². The molecule has 0 spiro atoms. The molecular formula is C19H19Br. The van der Waals surface area contributed by atoms with Gasteiger partial charge in [0.15, 0.2) is 0 Å². The van der Waals surface area contributed by atoms with Crippen LogP contribution in [0.15, 0.2) is 28.7 Å². The van der Waals surface area contributed by atoms with Gasteiger partial charge in [0.05, 0.1) is 0 Å². The molecule has 3 rings (SSSR count). The van der Waals surface area contributed by atoms with Crippen molar-refractivity contribution in [2.24, 2.45) is 0 Å². The highest BCUT2D eigenvalue weighted by Crippen LogP contribution is 2.40. The molecule has 1 aliphatic carbocycles. The van der Waals surface area contributed by atoms with E-state index in [4.69, 9.17) is 0 Å². The van der Waals surface area contributed by atoms with E-state index < -0.39 is 0 Å². The Balaban J connectivity index is 2.35. The van der Waals surface area contributed by atoms with E-state index in [1.165, 1.54) is 49.0 Å². The maximum atomic E-state index is 3.75. The number of aryl methyl sites for hydroxylation is 4. The maximum Gasteiger partial charge on any atom is 0.0246 e. The second-order valence-electron chi connectivity index (χ2n) is 5.83. The van der Waals surface area contributed by atoms with Crippen LogP contribution in [-0.2, 0) is 6.42 Å². The predicted molar refractivity (Wildman–Crippen MR) is 91.3 cm³/mol. The first kappa shape index (κ1) is 13.6. The highest BCUT2D eigenvalue weighted by Gasteiger charge is 2.18. The number of rotatable bonds is 1. The summed E-state index contributed by atoms with van der Waals surface area (Å²) in [4.78, 5) is 0. The molecule has 0 N–H and O–H groups in total. The molecule has 0 fully saturated rings. The van der Waals surface area contributed by atoms with Crippen molar-refractivity contribution in [3.63, 3.8) is 0 Å². The molecule has 0 unspecified atom stereocenters. The lowest BCUT2D eigenvalue weighted by Gasteiger charge is -2.17. The molecule has 0 radical (unpaired) electrons. The topological polar surface area (TPSA) is 0 Å². The molecule has 1 heteroatoms. The minimum atomic E-state index is 1.04. The van der Waals surface area contributed by atoms with Crippen molar-refractivity contribution in [3.05, 3.63) is 62.1 Å². The summed E-state index contributed by atoms with van der Waals surface area (Å²) in [6.45, 7) is 8.79. The fraction of sp³-hybridized carbons (Fsp3) is 0.263. The van der Waals surface area contributed by atoms with Crippen LogP contribution in [0.5, 0.6) is 0 Å². The molecule has 102 valence electrons. The summed E-state index contributed by atoms with van der Waals surface area (Å²) in [5, 5.41) is 0. The third-order valence-corrected chi connectivity index (χ3v) is 5.24. The summed E-state index contributed by atoms with van der Waals surface area (Å²) in [6.07, 6.45) is 5.57. The van der Waals surface area contributed by atoms with Crippen molar-refractivity contribution in [3.8, 4) is 11.1 Å². The average Bonchev–Trinajstić information content (AvgIpc) is 2.83. The Labute approximate surface area is 129 Å². The Morgan fingerprint density at radius 2 is 1.55 bits per heavy atom. The van der Waals surface area contributed by atoms with Crippen LogP contribution < -0.4 is 0 Å². The molecule has 20 heavy (non-hydrogen) atoms. The second-order valence-corrected chi connectivity index (χ2v) is 6.62. The van der Waals surface area contributed by atoms with Crippen LogP contribution in [0.25, 0.3) is 17.2 Å². The summed E-state index contributed by atoms with van der Waals surface area (Å²) in [5.74, 6) is 0. The van der Waals surface area contributed by atoms with Crippen molar-refractivity contribution >= 4 is 22.0 Å². The molecular weight excluding hydrogens is 308 g/mol. The molecule has 1 aliphatic rings. The van der Waals surface area contributed by atoms with Gasteiger partial charge in [0.25, 0.3) is 0 Å². The SMILES string of the molecule is Cc1cc(C)c(-c2cc(C)c(Br)c3c2C=CC3)c(C)c1. The number of allylic oxidation sites excluding steroid dienone is 1. The fourth-order valence-corrected chi connectivity index (χ4v) is 3.86. The minimum Gasteiger partial charge on any atom is -0.0794 e. The second kappa shape index (κ2) is 4.89. The van der Waals surface area contributed by atoms with E-state index in [2.05, 4.69) is 74.0 Å². The summed E-state index contributed by atoms with van der Waals surface area (Å²) < 4.78 is 1.27. The van der Waals surface area contributed by atoms with Crippen LogP contribution in [-0.4, -0.2) is 0 Å². The number of benzene rings is 2. The van der Waals surface area contributed by atoms with Gasteiger partial charge in [-0.3, -0.25) is 0 Å². The molecule has 2 aromatic carbocycles. The molecule has 0 atom stereocenters. The van der Waals surface area contributed by atoms with E-state index in [0.29, 0.717) is 0 Å². The first-order chi connectivity index (χ1) is 9.49. The van der Waals surface area contributed by atoms with E-state index >= 15 is 0 Å². The first-order valence-corrected chi connectivity index (χ1v) is 7.85. The average molecular weight is 327 g/mol. The molecule has 0 amide bonds. The van der Waals surface area contributed by atoms with Gasteiger partial charge in [-0.05, 0) is 79.1 Å². The zero-order chi connectivity index (χ0) is 14.4. The number of fused-ring (bicyclic) bond motifs is 1. The van der Waals surface area contributed by atoms with Crippen LogP contribution in [0.1, 0.15) is 33.4 Å². The fourth-order valence-electron chi connectivity index (χ4n) is 3.37. The smallest absolute Gasteiger partial charge is 0.0246 e. The molecule has 0 aromatic heterocycles. The van der Waals surface area contributed by atoms with E-state index in [0.717, 1.165) is 6.42 Å². The number of hydrogen-bond donors (Lipinski definition) is 0. The van der Waals surface area contributed by atoms with Gasteiger partial charge in [-0.25, -0.2) is 0 Å². The van der Waals surface area contributed by atoms with Gasteiger partial charge in [-0.1, -0.05) is 45.8 Å². The Morgan fingerprint density at radius 3 is 2.20 bits per heavy atom. The van der Waals surface area contributed by atoms with Crippen molar-refractivity contribution < 1.29 is 0 Å². The molecule has 0 heterocycles. The first-order valence-electron chi connectivity index (χ1n) is 7.05. The Hall–Kier alpha value is -1.34. The third-order valence-electron chi connectivity index (χ3n) is 4.14. The van der Waals surface area contributed by atoms with Crippen molar-refractivity contribution in [2.75, 3.05) is 0 Å². The lowest BCUT2D eigenvalue weighted by molar-refractivity contribution is 1.24. The molecule has 0 saturated heterocycles. The monoisotopic (exact) mass is 326 g/mol. The zero-order valence-electron chi connectivity index (χ0n) is 12.5. The largest absolute Gasteiger partial charge is 0.0794 e.